The maximum atomic E-state index is 12.0. The van der Waals surface area contributed by atoms with E-state index in [4.69, 9.17) is 5.11 Å². The van der Waals surface area contributed by atoms with Gasteiger partial charge in [0, 0.05) is 18.5 Å². The van der Waals surface area contributed by atoms with Crippen molar-refractivity contribution in [3.05, 3.63) is 16.1 Å². The molecule has 2 amide bonds. The Kier molecular flexibility index (Phi) is 4.94. The third-order valence-corrected chi connectivity index (χ3v) is 4.42. The smallest absolute Gasteiger partial charge is 0.317 e. The first-order chi connectivity index (χ1) is 9.60. The molecule has 2 rings (SSSR count). The predicted molar refractivity (Wildman–Crippen MR) is 75.7 cm³/mol. The molecule has 0 spiro atoms. The monoisotopic (exact) mass is 297 g/mol. The second-order valence-electron chi connectivity index (χ2n) is 4.87. The number of aryl methyl sites for hydroxylation is 1. The molecule has 6 nitrogen and oxygen atoms in total. The van der Waals surface area contributed by atoms with E-state index in [1.807, 2.05) is 12.3 Å². The van der Waals surface area contributed by atoms with Crippen molar-refractivity contribution in [2.75, 3.05) is 13.1 Å². The van der Waals surface area contributed by atoms with Crippen LogP contribution in [0.2, 0.25) is 0 Å². The summed E-state index contributed by atoms with van der Waals surface area (Å²) in [5, 5.41) is 14.8. The normalized spacial score (nSPS) is 18.9. The maximum Gasteiger partial charge on any atom is 0.317 e. The molecule has 0 bridgehead atoms. The molecular formula is C13H19N3O3S. The minimum atomic E-state index is -0.824. The number of rotatable bonds is 4. The molecule has 7 heteroatoms. The molecule has 1 atom stereocenters. The number of carbonyl (C=O) groups is 2. The van der Waals surface area contributed by atoms with Crippen LogP contribution in [0.3, 0.4) is 0 Å². The highest BCUT2D eigenvalue weighted by Gasteiger charge is 2.27. The SMILES string of the molecule is CCc1nc(CNC(=O)N2CCCC(C(=O)O)C2)cs1. The predicted octanol–water partition coefficient (Wildman–Crippen LogP) is 1.71. The number of hydrogen-bond acceptors (Lipinski definition) is 4. The number of nitrogens with zero attached hydrogens (tertiary/aromatic N) is 2. The number of carboxylic acids is 1. The molecule has 20 heavy (non-hydrogen) atoms. The van der Waals surface area contributed by atoms with Gasteiger partial charge < -0.3 is 15.3 Å². The molecule has 0 radical (unpaired) electrons. The van der Waals surface area contributed by atoms with E-state index < -0.39 is 11.9 Å². The number of aliphatic carboxylic acids is 1. The summed E-state index contributed by atoms with van der Waals surface area (Å²) in [6.45, 7) is 3.34. The summed E-state index contributed by atoms with van der Waals surface area (Å²) in [5.41, 5.74) is 0.854. The lowest BCUT2D eigenvalue weighted by molar-refractivity contribution is -0.143. The Labute approximate surface area is 121 Å². The van der Waals surface area contributed by atoms with Gasteiger partial charge in [-0.1, -0.05) is 6.92 Å². The lowest BCUT2D eigenvalue weighted by Gasteiger charge is -2.30. The minimum absolute atomic E-state index is 0.206. The lowest BCUT2D eigenvalue weighted by Crippen LogP contribution is -2.46. The number of likely N-dealkylation sites (tertiary alicyclic amines) is 1. The zero-order valence-corrected chi connectivity index (χ0v) is 12.3. The Morgan fingerprint density at radius 2 is 2.40 bits per heavy atom. The molecule has 0 aliphatic carbocycles. The Morgan fingerprint density at radius 3 is 3.05 bits per heavy atom. The molecule has 1 saturated heterocycles. The first-order valence-corrected chi connectivity index (χ1v) is 7.67. The fraction of sp³-hybridized carbons (Fsp3) is 0.615. The standard InChI is InChI=1S/C13H19N3O3S/c1-2-11-15-10(8-20-11)6-14-13(19)16-5-3-4-9(7-16)12(17)18/h8-9H,2-7H2,1H3,(H,14,19)(H,17,18). The molecule has 2 heterocycles. The van der Waals surface area contributed by atoms with Crippen LogP contribution in [0, 0.1) is 5.92 Å². The number of aromatic nitrogens is 1. The summed E-state index contributed by atoms with van der Waals surface area (Å²) in [7, 11) is 0. The van der Waals surface area contributed by atoms with Gasteiger partial charge >= 0.3 is 12.0 Å². The van der Waals surface area contributed by atoms with Crippen molar-refractivity contribution in [3.63, 3.8) is 0 Å². The van der Waals surface area contributed by atoms with Crippen molar-refractivity contribution in [1.29, 1.82) is 0 Å². The van der Waals surface area contributed by atoms with E-state index >= 15 is 0 Å². The molecule has 1 fully saturated rings. The van der Waals surface area contributed by atoms with Gasteiger partial charge in [-0.05, 0) is 19.3 Å². The Bertz CT molecular complexity index is 489. The van der Waals surface area contributed by atoms with Crippen molar-refractivity contribution in [2.45, 2.75) is 32.7 Å². The fourth-order valence-electron chi connectivity index (χ4n) is 2.23. The molecule has 1 aromatic rings. The largest absolute Gasteiger partial charge is 0.481 e. The van der Waals surface area contributed by atoms with E-state index in [2.05, 4.69) is 10.3 Å². The number of nitrogens with one attached hydrogen (secondary N) is 1. The van der Waals surface area contributed by atoms with E-state index in [1.54, 1.807) is 16.2 Å². The van der Waals surface area contributed by atoms with E-state index in [1.165, 1.54) is 0 Å². The van der Waals surface area contributed by atoms with Crippen molar-refractivity contribution >= 4 is 23.3 Å². The Balaban J connectivity index is 1.83. The first-order valence-electron chi connectivity index (χ1n) is 6.79. The third kappa shape index (κ3) is 3.69. The molecule has 110 valence electrons. The maximum absolute atomic E-state index is 12.0. The Morgan fingerprint density at radius 1 is 1.60 bits per heavy atom. The van der Waals surface area contributed by atoms with E-state index in [9.17, 15) is 9.59 Å². The fourth-order valence-corrected chi connectivity index (χ4v) is 2.98. The van der Waals surface area contributed by atoms with Crippen LogP contribution in [0.15, 0.2) is 5.38 Å². The second kappa shape index (κ2) is 6.69. The van der Waals surface area contributed by atoms with Gasteiger partial charge in [0.05, 0.1) is 23.2 Å². The van der Waals surface area contributed by atoms with Crippen molar-refractivity contribution in [3.8, 4) is 0 Å². The average Bonchev–Trinajstić information content (AvgIpc) is 2.93. The van der Waals surface area contributed by atoms with Gasteiger partial charge in [0.1, 0.15) is 0 Å². The summed E-state index contributed by atoms with van der Waals surface area (Å²) in [4.78, 5) is 28.9. The van der Waals surface area contributed by atoms with Gasteiger partial charge in [0.2, 0.25) is 0 Å². The van der Waals surface area contributed by atoms with Crippen LogP contribution >= 0.6 is 11.3 Å². The van der Waals surface area contributed by atoms with Gasteiger partial charge in [-0.2, -0.15) is 0 Å². The van der Waals surface area contributed by atoms with Crippen LogP contribution in [0.4, 0.5) is 4.79 Å². The molecule has 1 aliphatic rings. The second-order valence-corrected chi connectivity index (χ2v) is 5.81. The molecule has 2 N–H and O–H groups in total. The molecular weight excluding hydrogens is 278 g/mol. The van der Waals surface area contributed by atoms with Crippen LogP contribution in [0.5, 0.6) is 0 Å². The summed E-state index contributed by atoms with van der Waals surface area (Å²) in [6.07, 6.45) is 2.27. The quantitative estimate of drug-likeness (QED) is 0.886. The van der Waals surface area contributed by atoms with Crippen LogP contribution in [-0.4, -0.2) is 40.1 Å². The van der Waals surface area contributed by atoms with E-state index in [0.717, 1.165) is 23.5 Å². The lowest BCUT2D eigenvalue weighted by atomic mass is 9.99. The van der Waals surface area contributed by atoms with Gasteiger partial charge in [-0.25, -0.2) is 9.78 Å². The van der Waals surface area contributed by atoms with Crippen molar-refractivity contribution in [2.24, 2.45) is 5.92 Å². The van der Waals surface area contributed by atoms with Gasteiger partial charge in [-0.3, -0.25) is 4.79 Å². The van der Waals surface area contributed by atoms with Crippen molar-refractivity contribution < 1.29 is 14.7 Å². The topological polar surface area (TPSA) is 82.5 Å². The summed E-state index contributed by atoms with van der Waals surface area (Å²) in [5.74, 6) is -1.27. The molecule has 1 aliphatic heterocycles. The number of carboxylic acid groups (broad SMARTS) is 1. The number of thiazole rings is 1. The highest BCUT2D eigenvalue weighted by atomic mass is 32.1. The van der Waals surface area contributed by atoms with Gasteiger partial charge in [0.25, 0.3) is 0 Å². The highest BCUT2D eigenvalue weighted by molar-refractivity contribution is 7.09. The van der Waals surface area contributed by atoms with E-state index in [-0.39, 0.29) is 6.03 Å². The van der Waals surface area contributed by atoms with Gasteiger partial charge in [-0.15, -0.1) is 11.3 Å². The number of carbonyl (C=O) groups excluding carboxylic acids is 1. The van der Waals surface area contributed by atoms with Crippen LogP contribution in [-0.2, 0) is 17.8 Å². The van der Waals surface area contributed by atoms with Crippen LogP contribution in [0.1, 0.15) is 30.5 Å². The molecule has 0 aromatic carbocycles. The zero-order valence-electron chi connectivity index (χ0n) is 11.5. The zero-order chi connectivity index (χ0) is 14.5. The Hall–Kier alpha value is -1.63. The third-order valence-electron chi connectivity index (χ3n) is 3.38. The molecule has 0 saturated carbocycles. The minimum Gasteiger partial charge on any atom is -0.481 e. The summed E-state index contributed by atoms with van der Waals surface area (Å²) < 4.78 is 0. The number of amides is 2. The molecule has 1 aromatic heterocycles. The first kappa shape index (κ1) is 14.8. The molecule has 1 unspecified atom stereocenters. The highest BCUT2D eigenvalue weighted by Crippen LogP contribution is 2.16. The number of urea groups is 1. The van der Waals surface area contributed by atoms with Crippen molar-refractivity contribution in [1.82, 2.24) is 15.2 Å². The summed E-state index contributed by atoms with van der Waals surface area (Å²) in [6, 6.07) is -0.206. The van der Waals surface area contributed by atoms with Crippen LogP contribution < -0.4 is 5.32 Å². The number of hydrogen-bond donors (Lipinski definition) is 2. The van der Waals surface area contributed by atoms with Gasteiger partial charge in [0.15, 0.2) is 0 Å². The average molecular weight is 297 g/mol. The summed E-state index contributed by atoms with van der Waals surface area (Å²) >= 11 is 1.59. The number of piperidine rings is 1. The van der Waals surface area contributed by atoms with E-state index in [0.29, 0.717) is 26.1 Å². The van der Waals surface area contributed by atoms with Crippen LogP contribution in [0.25, 0.3) is 0 Å².